The van der Waals surface area contributed by atoms with Gasteiger partial charge in [-0.2, -0.15) is 23.1 Å². The van der Waals surface area contributed by atoms with E-state index in [1.54, 1.807) is 20.3 Å². The van der Waals surface area contributed by atoms with Crippen LogP contribution in [-0.4, -0.2) is 85.6 Å². The Bertz CT molecular complexity index is 1370. The van der Waals surface area contributed by atoms with Gasteiger partial charge < -0.3 is 24.8 Å². The molecule has 3 aromatic rings. The molecule has 2 aliphatic heterocycles. The average molecular weight is 595 g/mol. The lowest BCUT2D eigenvalue weighted by Crippen LogP contribution is -2.37. The molecule has 222 valence electrons. The van der Waals surface area contributed by atoms with Crippen LogP contribution in [0.3, 0.4) is 0 Å². The number of nitrogens with two attached hydrogens (primary N) is 1. The van der Waals surface area contributed by atoms with Crippen LogP contribution in [0.5, 0.6) is 6.01 Å². The summed E-state index contributed by atoms with van der Waals surface area (Å²) in [6, 6.07) is 5.37. The molecule has 0 saturated carbocycles. The molecule has 1 aromatic carbocycles. The van der Waals surface area contributed by atoms with E-state index in [9.17, 15) is 13.2 Å². The number of piperidine rings is 1. The first kappa shape index (κ1) is 29.6. The summed E-state index contributed by atoms with van der Waals surface area (Å²) in [7, 11) is 3.36. The van der Waals surface area contributed by atoms with Crippen molar-refractivity contribution in [2.45, 2.75) is 44.0 Å². The molecule has 0 amide bonds. The molecule has 0 unspecified atom stereocenters. The monoisotopic (exact) mass is 594 g/mol. The highest BCUT2D eigenvalue weighted by Crippen LogP contribution is 2.41. The summed E-state index contributed by atoms with van der Waals surface area (Å²) in [6.45, 7) is 4.00. The zero-order valence-electron chi connectivity index (χ0n) is 23.1. The van der Waals surface area contributed by atoms with E-state index in [1.165, 1.54) is 6.07 Å². The number of nitrogen functional groups attached to an aromatic ring is 1. The molecule has 0 aliphatic carbocycles. The van der Waals surface area contributed by atoms with Gasteiger partial charge >= 0.3 is 12.2 Å². The molecule has 2 aliphatic rings. The SMILES string of the molecule is COCCN1C[C@H](OC)C[C@H]1COc1nc(N2CCCCC2)c2cc(Cl)c(-c3nc(N)ccc3C(F)(F)F)cc2n1. The molecule has 2 atom stereocenters. The highest BCUT2D eigenvalue weighted by atomic mass is 35.5. The van der Waals surface area contributed by atoms with Crippen molar-refractivity contribution in [3.8, 4) is 17.3 Å². The summed E-state index contributed by atoms with van der Waals surface area (Å²) < 4.78 is 58.7. The number of benzene rings is 1. The molecule has 13 heteroatoms. The quantitative estimate of drug-likeness (QED) is 0.365. The summed E-state index contributed by atoms with van der Waals surface area (Å²) in [5.41, 5.74) is 4.99. The zero-order chi connectivity index (χ0) is 29.1. The van der Waals surface area contributed by atoms with Crippen molar-refractivity contribution >= 4 is 34.1 Å². The summed E-state index contributed by atoms with van der Waals surface area (Å²) in [6.07, 6.45) is -0.652. The lowest BCUT2D eigenvalue weighted by molar-refractivity contribution is -0.137. The van der Waals surface area contributed by atoms with E-state index in [0.717, 1.165) is 64.0 Å². The number of alkyl halides is 3. The minimum atomic E-state index is -4.65. The fourth-order valence-electron chi connectivity index (χ4n) is 5.55. The molecule has 41 heavy (non-hydrogen) atoms. The Balaban J connectivity index is 1.54. The Kier molecular flexibility index (Phi) is 9.03. The summed E-state index contributed by atoms with van der Waals surface area (Å²) in [5.74, 6) is 0.598. The third-order valence-corrected chi connectivity index (χ3v) is 8.00. The molecular weight excluding hydrogens is 561 g/mol. The van der Waals surface area contributed by atoms with Crippen LogP contribution in [-0.2, 0) is 15.7 Å². The van der Waals surface area contributed by atoms with E-state index in [2.05, 4.69) is 19.8 Å². The van der Waals surface area contributed by atoms with E-state index in [1.807, 2.05) is 0 Å². The van der Waals surface area contributed by atoms with Gasteiger partial charge in [-0.15, -0.1) is 0 Å². The van der Waals surface area contributed by atoms with Crippen molar-refractivity contribution in [1.29, 1.82) is 0 Å². The van der Waals surface area contributed by atoms with Gasteiger partial charge in [0.05, 0.1) is 34.5 Å². The van der Waals surface area contributed by atoms with Crippen molar-refractivity contribution in [3.05, 3.63) is 34.9 Å². The van der Waals surface area contributed by atoms with Crippen LogP contribution in [0, 0.1) is 0 Å². The molecule has 2 aromatic heterocycles. The topological polar surface area (TPSA) is 98.9 Å². The maximum absolute atomic E-state index is 13.9. The Morgan fingerprint density at radius 2 is 1.85 bits per heavy atom. The molecular formula is C28H34ClF3N6O3. The molecule has 2 saturated heterocycles. The van der Waals surface area contributed by atoms with Gasteiger partial charge in [0.15, 0.2) is 0 Å². The van der Waals surface area contributed by atoms with Gasteiger partial charge in [-0.3, -0.25) is 4.90 Å². The molecule has 9 nitrogen and oxygen atoms in total. The number of hydrogen-bond acceptors (Lipinski definition) is 9. The van der Waals surface area contributed by atoms with E-state index < -0.39 is 11.7 Å². The van der Waals surface area contributed by atoms with Crippen LogP contribution in [0.2, 0.25) is 5.02 Å². The van der Waals surface area contributed by atoms with E-state index in [4.69, 9.17) is 36.5 Å². The van der Waals surface area contributed by atoms with E-state index in [-0.39, 0.29) is 40.3 Å². The Hall–Kier alpha value is -2.93. The first-order valence-corrected chi connectivity index (χ1v) is 14.0. The predicted molar refractivity (Wildman–Crippen MR) is 151 cm³/mol. The van der Waals surface area contributed by atoms with E-state index in [0.29, 0.717) is 29.9 Å². The first-order valence-electron chi connectivity index (χ1n) is 13.7. The lowest BCUT2D eigenvalue weighted by atomic mass is 10.0. The number of ether oxygens (including phenoxy) is 3. The van der Waals surface area contributed by atoms with Crippen LogP contribution in [0.25, 0.3) is 22.2 Å². The van der Waals surface area contributed by atoms with Crippen molar-refractivity contribution in [2.24, 2.45) is 0 Å². The van der Waals surface area contributed by atoms with Gasteiger partial charge in [-0.25, -0.2) is 4.98 Å². The number of fused-ring (bicyclic) bond motifs is 1. The number of hydrogen-bond donors (Lipinski definition) is 1. The first-order chi connectivity index (χ1) is 19.7. The van der Waals surface area contributed by atoms with E-state index >= 15 is 0 Å². The van der Waals surface area contributed by atoms with Crippen molar-refractivity contribution in [3.63, 3.8) is 0 Å². The maximum atomic E-state index is 13.9. The lowest BCUT2D eigenvalue weighted by Gasteiger charge is -2.29. The van der Waals surface area contributed by atoms with Gasteiger partial charge in [-0.05, 0) is 49.9 Å². The average Bonchev–Trinajstić information content (AvgIpc) is 3.36. The molecule has 0 bridgehead atoms. The van der Waals surface area contributed by atoms with Crippen LogP contribution >= 0.6 is 11.6 Å². The number of rotatable bonds is 9. The molecule has 5 rings (SSSR count). The van der Waals surface area contributed by atoms with Crippen LogP contribution in [0.4, 0.5) is 24.8 Å². The Morgan fingerprint density at radius 3 is 2.56 bits per heavy atom. The minimum Gasteiger partial charge on any atom is -0.462 e. The number of methoxy groups -OCH3 is 2. The third kappa shape index (κ3) is 6.61. The van der Waals surface area contributed by atoms with Crippen molar-refractivity contribution in [2.75, 3.05) is 64.2 Å². The highest BCUT2D eigenvalue weighted by Gasteiger charge is 2.36. The van der Waals surface area contributed by atoms with Gasteiger partial charge in [0.25, 0.3) is 0 Å². The number of anilines is 2. The van der Waals surface area contributed by atoms with Gasteiger partial charge in [-0.1, -0.05) is 11.6 Å². The van der Waals surface area contributed by atoms with Crippen LogP contribution in [0.15, 0.2) is 24.3 Å². The van der Waals surface area contributed by atoms with Gasteiger partial charge in [0.1, 0.15) is 18.2 Å². The Labute approximate surface area is 241 Å². The second-order valence-electron chi connectivity index (χ2n) is 10.4. The number of likely N-dealkylation sites (tertiary alicyclic amines) is 1. The zero-order valence-corrected chi connectivity index (χ0v) is 23.8. The summed E-state index contributed by atoms with van der Waals surface area (Å²) >= 11 is 6.61. The van der Waals surface area contributed by atoms with Crippen molar-refractivity contribution < 1.29 is 27.4 Å². The van der Waals surface area contributed by atoms with Gasteiger partial charge in [0.2, 0.25) is 0 Å². The second kappa shape index (κ2) is 12.5. The fourth-order valence-corrected chi connectivity index (χ4v) is 5.80. The summed E-state index contributed by atoms with van der Waals surface area (Å²) in [5, 5.41) is 0.731. The second-order valence-corrected chi connectivity index (χ2v) is 10.8. The molecule has 2 fully saturated rings. The molecule has 2 N–H and O–H groups in total. The summed E-state index contributed by atoms with van der Waals surface area (Å²) in [4.78, 5) is 17.8. The predicted octanol–water partition coefficient (Wildman–Crippen LogP) is 5.05. The third-order valence-electron chi connectivity index (χ3n) is 7.69. The highest BCUT2D eigenvalue weighted by molar-refractivity contribution is 6.34. The number of aromatic nitrogens is 3. The number of halogens is 4. The molecule has 0 radical (unpaired) electrons. The normalized spacial score (nSPS) is 20.2. The van der Waals surface area contributed by atoms with Gasteiger partial charge in [0, 0.05) is 57.4 Å². The largest absolute Gasteiger partial charge is 0.462 e. The Morgan fingerprint density at radius 1 is 1.07 bits per heavy atom. The fraction of sp³-hybridized carbons (Fsp3) is 0.536. The molecule has 4 heterocycles. The van der Waals surface area contributed by atoms with Crippen molar-refractivity contribution in [1.82, 2.24) is 19.9 Å². The van der Waals surface area contributed by atoms with Crippen LogP contribution in [0.1, 0.15) is 31.2 Å². The molecule has 0 spiro atoms. The van der Waals surface area contributed by atoms with Crippen LogP contribution < -0.4 is 15.4 Å². The number of pyridine rings is 1. The minimum absolute atomic E-state index is 0.0474. The smallest absolute Gasteiger partial charge is 0.418 e. The number of nitrogens with zero attached hydrogens (tertiary/aromatic N) is 5. The maximum Gasteiger partial charge on any atom is 0.418 e. The standard InChI is InChI=1S/C28H34ClF3N6O3/c1-39-11-10-38-15-18(40-2)12-17(38)16-41-27-34-23-14-19(25-21(28(30,31)32)6-7-24(33)35-25)22(29)13-20(23)26(36-27)37-8-4-3-5-9-37/h6-7,13-14,17-18H,3-5,8-12,15-16H2,1-2H3,(H2,33,35)/t17-,18+/m0/s1.